The van der Waals surface area contributed by atoms with Crippen LogP contribution in [0.1, 0.15) is 23.1 Å². The lowest BCUT2D eigenvalue weighted by atomic mass is 10.1. The van der Waals surface area contributed by atoms with Gasteiger partial charge < -0.3 is 4.90 Å². The molecule has 4 nitrogen and oxygen atoms in total. The van der Waals surface area contributed by atoms with Crippen molar-refractivity contribution in [2.75, 3.05) is 6.54 Å². The van der Waals surface area contributed by atoms with Crippen LogP contribution in [-0.2, 0) is 17.5 Å². The Labute approximate surface area is 159 Å². The molecule has 27 heavy (non-hydrogen) atoms. The SMILES string of the molecule is N#CCCN(Cc1cccnc1)C(=O)/C=C/c1ccc(Cl)c(C(F)(F)F)c1. The quantitative estimate of drug-likeness (QED) is 0.668. The zero-order valence-corrected chi connectivity index (χ0v) is 14.8. The zero-order chi connectivity index (χ0) is 19.9. The third-order valence-electron chi connectivity index (χ3n) is 3.62. The van der Waals surface area contributed by atoms with E-state index in [1.54, 1.807) is 24.5 Å². The topological polar surface area (TPSA) is 57.0 Å². The van der Waals surface area contributed by atoms with Gasteiger partial charge in [0.2, 0.25) is 5.91 Å². The van der Waals surface area contributed by atoms with E-state index in [1.165, 1.54) is 23.1 Å². The van der Waals surface area contributed by atoms with Crippen LogP contribution in [0.2, 0.25) is 5.02 Å². The summed E-state index contributed by atoms with van der Waals surface area (Å²) in [6.07, 6.45) is 1.23. The fourth-order valence-corrected chi connectivity index (χ4v) is 2.53. The Kier molecular flexibility index (Phi) is 6.97. The smallest absolute Gasteiger partial charge is 0.334 e. The first-order valence-electron chi connectivity index (χ1n) is 7.91. The summed E-state index contributed by atoms with van der Waals surface area (Å²) in [5.74, 6) is -0.419. The molecule has 0 radical (unpaired) electrons. The van der Waals surface area contributed by atoms with Crippen LogP contribution >= 0.6 is 11.6 Å². The predicted molar refractivity (Wildman–Crippen MR) is 95.4 cm³/mol. The fourth-order valence-electron chi connectivity index (χ4n) is 2.30. The van der Waals surface area contributed by atoms with Gasteiger partial charge in [0.1, 0.15) is 0 Å². The summed E-state index contributed by atoms with van der Waals surface area (Å²) in [6, 6.07) is 8.90. The largest absolute Gasteiger partial charge is 0.417 e. The van der Waals surface area contributed by atoms with Gasteiger partial charge in [-0.1, -0.05) is 23.7 Å². The van der Waals surface area contributed by atoms with Gasteiger partial charge >= 0.3 is 6.18 Å². The molecule has 2 rings (SSSR count). The van der Waals surface area contributed by atoms with Crippen LogP contribution in [0.15, 0.2) is 48.8 Å². The summed E-state index contributed by atoms with van der Waals surface area (Å²) in [5.41, 5.74) is 0.0141. The van der Waals surface area contributed by atoms with Gasteiger partial charge in [-0.05, 0) is 35.4 Å². The molecule has 0 bridgehead atoms. The van der Waals surface area contributed by atoms with Crippen molar-refractivity contribution < 1.29 is 18.0 Å². The van der Waals surface area contributed by atoms with Crippen LogP contribution in [0.25, 0.3) is 6.08 Å². The number of halogens is 4. The summed E-state index contributed by atoms with van der Waals surface area (Å²) in [5, 5.41) is 8.36. The molecule has 0 aliphatic carbocycles. The van der Waals surface area contributed by atoms with Gasteiger partial charge in [-0.2, -0.15) is 18.4 Å². The Hall–Kier alpha value is -2.85. The lowest BCUT2D eigenvalue weighted by Gasteiger charge is -2.20. The summed E-state index contributed by atoms with van der Waals surface area (Å²) in [6.45, 7) is 0.441. The number of carbonyl (C=O) groups excluding carboxylic acids is 1. The third-order valence-corrected chi connectivity index (χ3v) is 3.95. The Morgan fingerprint density at radius 3 is 2.74 bits per heavy atom. The summed E-state index contributed by atoms with van der Waals surface area (Å²) in [4.78, 5) is 17.8. The summed E-state index contributed by atoms with van der Waals surface area (Å²) >= 11 is 5.59. The van der Waals surface area contributed by atoms with E-state index >= 15 is 0 Å². The Bertz CT molecular complexity index is 861. The first-order chi connectivity index (χ1) is 12.8. The summed E-state index contributed by atoms with van der Waals surface area (Å²) in [7, 11) is 0. The number of hydrogen-bond donors (Lipinski definition) is 0. The number of hydrogen-bond acceptors (Lipinski definition) is 3. The van der Waals surface area contributed by atoms with Crippen LogP contribution in [0.3, 0.4) is 0 Å². The molecule has 8 heteroatoms. The highest BCUT2D eigenvalue weighted by molar-refractivity contribution is 6.31. The molecule has 0 N–H and O–H groups in total. The summed E-state index contributed by atoms with van der Waals surface area (Å²) < 4.78 is 38.8. The van der Waals surface area contributed by atoms with Gasteiger partial charge in [-0.3, -0.25) is 9.78 Å². The third kappa shape index (κ3) is 6.12. The molecular weight excluding hydrogens is 379 g/mol. The molecule has 1 heterocycles. The fraction of sp³-hybridized carbons (Fsp3) is 0.211. The highest BCUT2D eigenvalue weighted by Gasteiger charge is 2.33. The van der Waals surface area contributed by atoms with Gasteiger partial charge in [0.05, 0.1) is 23.1 Å². The van der Waals surface area contributed by atoms with E-state index < -0.39 is 22.7 Å². The van der Waals surface area contributed by atoms with Gasteiger partial charge in [0.25, 0.3) is 0 Å². The number of pyridine rings is 1. The molecule has 0 fully saturated rings. The van der Waals surface area contributed by atoms with Crippen LogP contribution in [0.4, 0.5) is 13.2 Å². The van der Waals surface area contributed by atoms with E-state index in [1.807, 2.05) is 6.07 Å². The molecular formula is C19H15ClF3N3O. The van der Waals surface area contributed by atoms with Crippen molar-refractivity contribution in [1.29, 1.82) is 5.26 Å². The Balaban J connectivity index is 2.17. The first-order valence-corrected chi connectivity index (χ1v) is 8.28. The maximum absolute atomic E-state index is 12.9. The van der Waals surface area contributed by atoms with Crippen molar-refractivity contribution in [2.45, 2.75) is 19.1 Å². The molecule has 0 saturated heterocycles. The van der Waals surface area contributed by atoms with E-state index in [2.05, 4.69) is 4.98 Å². The van der Waals surface area contributed by atoms with Gasteiger partial charge in [-0.25, -0.2) is 0 Å². The molecule has 1 amide bonds. The van der Waals surface area contributed by atoms with E-state index in [-0.39, 0.29) is 25.1 Å². The van der Waals surface area contributed by atoms with E-state index in [9.17, 15) is 18.0 Å². The minimum absolute atomic E-state index is 0.138. The first kappa shape index (κ1) is 20.5. The van der Waals surface area contributed by atoms with Crippen molar-refractivity contribution >= 4 is 23.6 Å². The number of benzene rings is 1. The van der Waals surface area contributed by atoms with Crippen LogP contribution < -0.4 is 0 Å². The van der Waals surface area contributed by atoms with Crippen molar-refractivity contribution in [2.24, 2.45) is 0 Å². The van der Waals surface area contributed by atoms with E-state index in [0.29, 0.717) is 0 Å². The molecule has 0 unspecified atom stereocenters. The average molecular weight is 394 g/mol. The van der Waals surface area contributed by atoms with Crippen molar-refractivity contribution in [3.05, 3.63) is 70.5 Å². The minimum atomic E-state index is -4.58. The molecule has 2 aromatic rings. The molecule has 1 aromatic carbocycles. The number of amides is 1. The van der Waals surface area contributed by atoms with E-state index in [0.717, 1.165) is 17.7 Å². The normalized spacial score (nSPS) is 11.4. The number of nitriles is 1. The highest BCUT2D eigenvalue weighted by atomic mass is 35.5. The molecule has 0 aliphatic heterocycles. The standard InChI is InChI=1S/C19H15ClF3N3O/c20-17-6-4-14(11-16(17)19(21,22)23)5-7-18(27)26(10-2-8-24)13-15-3-1-9-25-12-15/h1,3-7,9,11-12H,2,10,13H2/b7-5+. The second-order valence-corrected chi connectivity index (χ2v) is 6.01. The molecule has 0 spiro atoms. The second-order valence-electron chi connectivity index (χ2n) is 5.60. The second kappa shape index (κ2) is 9.19. The molecule has 0 saturated carbocycles. The van der Waals surface area contributed by atoms with Crippen LogP contribution in [0.5, 0.6) is 0 Å². The number of rotatable bonds is 6. The van der Waals surface area contributed by atoms with Gasteiger partial charge in [0, 0.05) is 31.6 Å². The molecule has 0 atom stereocenters. The number of carbonyl (C=O) groups is 1. The molecule has 1 aromatic heterocycles. The highest BCUT2D eigenvalue weighted by Crippen LogP contribution is 2.35. The number of alkyl halides is 3. The average Bonchev–Trinajstić information content (AvgIpc) is 2.64. The van der Waals surface area contributed by atoms with Gasteiger partial charge in [0.15, 0.2) is 0 Å². The number of nitrogens with zero attached hydrogens (tertiary/aromatic N) is 3. The van der Waals surface area contributed by atoms with Crippen molar-refractivity contribution in [3.63, 3.8) is 0 Å². The lowest BCUT2D eigenvalue weighted by Crippen LogP contribution is -2.29. The molecule has 140 valence electrons. The maximum Gasteiger partial charge on any atom is 0.417 e. The van der Waals surface area contributed by atoms with Crippen molar-refractivity contribution in [3.8, 4) is 6.07 Å². The lowest BCUT2D eigenvalue weighted by molar-refractivity contribution is -0.137. The van der Waals surface area contributed by atoms with Gasteiger partial charge in [-0.15, -0.1) is 0 Å². The van der Waals surface area contributed by atoms with Crippen LogP contribution in [0, 0.1) is 11.3 Å². The Morgan fingerprint density at radius 2 is 2.11 bits per heavy atom. The Morgan fingerprint density at radius 1 is 1.33 bits per heavy atom. The minimum Gasteiger partial charge on any atom is -0.334 e. The van der Waals surface area contributed by atoms with Crippen molar-refractivity contribution in [1.82, 2.24) is 9.88 Å². The van der Waals surface area contributed by atoms with Crippen LogP contribution in [-0.4, -0.2) is 22.3 Å². The monoisotopic (exact) mass is 393 g/mol. The zero-order valence-electron chi connectivity index (χ0n) is 14.1. The maximum atomic E-state index is 12.9. The molecule has 0 aliphatic rings. The predicted octanol–water partition coefficient (Wildman–Crippen LogP) is 4.71. The van der Waals surface area contributed by atoms with E-state index in [4.69, 9.17) is 16.9 Å². The number of aromatic nitrogens is 1.